The summed E-state index contributed by atoms with van der Waals surface area (Å²) in [6, 6.07) is 11.8. The molecular formula is C19H17N5OS. The molecule has 4 aromatic rings. The van der Waals surface area contributed by atoms with Crippen molar-refractivity contribution >= 4 is 22.7 Å². The first-order valence-corrected chi connectivity index (χ1v) is 9.12. The van der Waals surface area contributed by atoms with Crippen molar-refractivity contribution < 1.29 is 4.74 Å². The van der Waals surface area contributed by atoms with Crippen LogP contribution in [0.1, 0.15) is 11.3 Å². The molecule has 0 unspecified atom stereocenters. The molecule has 0 fully saturated rings. The number of fused-ring (bicyclic) bond motifs is 1. The quantitative estimate of drug-likeness (QED) is 0.502. The molecular weight excluding hydrogens is 346 g/mol. The number of hydrogen-bond acceptors (Lipinski definition) is 6. The minimum absolute atomic E-state index is 0.759. The lowest BCUT2D eigenvalue weighted by Crippen LogP contribution is -2.02. The molecule has 0 atom stereocenters. The van der Waals surface area contributed by atoms with Crippen molar-refractivity contribution in [1.29, 1.82) is 0 Å². The number of aryl methyl sites for hydroxylation is 1. The number of nitrogens with zero attached hydrogens (tertiary/aromatic N) is 5. The third-order valence-corrected chi connectivity index (χ3v) is 5.09. The van der Waals surface area contributed by atoms with Gasteiger partial charge >= 0.3 is 0 Å². The fourth-order valence-electron chi connectivity index (χ4n) is 2.76. The number of ether oxygens (including phenoxy) is 1. The van der Waals surface area contributed by atoms with Gasteiger partial charge in [0.2, 0.25) is 0 Å². The van der Waals surface area contributed by atoms with Gasteiger partial charge in [0.15, 0.2) is 0 Å². The van der Waals surface area contributed by atoms with Crippen LogP contribution in [0.5, 0.6) is 5.75 Å². The number of para-hydroxylation sites is 2. The molecule has 0 radical (unpaired) electrons. The number of rotatable bonds is 5. The Balaban J connectivity index is 1.81. The summed E-state index contributed by atoms with van der Waals surface area (Å²) in [5, 5.41) is 15.1. The highest BCUT2D eigenvalue weighted by Crippen LogP contribution is 2.32. The van der Waals surface area contributed by atoms with Gasteiger partial charge in [0.1, 0.15) is 22.0 Å². The molecule has 0 N–H and O–H groups in total. The second-order valence-corrected chi connectivity index (χ2v) is 6.70. The summed E-state index contributed by atoms with van der Waals surface area (Å²) in [7, 11) is 1.66. The Hall–Kier alpha value is -2.93. The Morgan fingerprint density at radius 2 is 1.96 bits per heavy atom. The lowest BCUT2D eigenvalue weighted by atomic mass is 10.2. The highest BCUT2D eigenvalue weighted by atomic mass is 32.2. The van der Waals surface area contributed by atoms with Crippen LogP contribution in [0.3, 0.4) is 0 Å². The first-order valence-electron chi connectivity index (χ1n) is 8.14. The molecule has 0 saturated heterocycles. The Morgan fingerprint density at radius 1 is 1.08 bits per heavy atom. The van der Waals surface area contributed by atoms with E-state index in [1.807, 2.05) is 54.3 Å². The van der Waals surface area contributed by atoms with E-state index in [9.17, 15) is 0 Å². The minimum Gasteiger partial charge on any atom is -0.494 e. The van der Waals surface area contributed by atoms with Crippen molar-refractivity contribution in [3.8, 4) is 11.4 Å². The highest BCUT2D eigenvalue weighted by molar-refractivity contribution is 7.98. The Kier molecular flexibility index (Phi) is 4.53. The van der Waals surface area contributed by atoms with Gasteiger partial charge in [-0.15, -0.1) is 5.10 Å². The van der Waals surface area contributed by atoms with E-state index < -0.39 is 0 Å². The van der Waals surface area contributed by atoms with Gasteiger partial charge in [0.05, 0.1) is 19.0 Å². The predicted molar refractivity (Wildman–Crippen MR) is 102 cm³/mol. The maximum atomic E-state index is 5.51. The number of aromatic nitrogens is 5. The summed E-state index contributed by atoms with van der Waals surface area (Å²) < 4.78 is 7.38. The van der Waals surface area contributed by atoms with Crippen molar-refractivity contribution in [3.05, 3.63) is 66.2 Å². The molecule has 0 spiro atoms. The van der Waals surface area contributed by atoms with E-state index in [0.717, 1.165) is 44.4 Å². The van der Waals surface area contributed by atoms with Crippen LogP contribution in [0.25, 0.3) is 16.6 Å². The molecule has 26 heavy (non-hydrogen) atoms. The van der Waals surface area contributed by atoms with Crippen molar-refractivity contribution in [2.75, 3.05) is 7.11 Å². The van der Waals surface area contributed by atoms with E-state index >= 15 is 0 Å². The zero-order valence-corrected chi connectivity index (χ0v) is 15.3. The first kappa shape index (κ1) is 16.5. The normalized spacial score (nSPS) is 11.0. The van der Waals surface area contributed by atoms with Gasteiger partial charge in [-0.3, -0.25) is 4.98 Å². The summed E-state index contributed by atoms with van der Waals surface area (Å²) in [4.78, 5) is 4.17. The maximum Gasteiger partial charge on any atom is 0.146 e. The number of benzene rings is 1. The lowest BCUT2D eigenvalue weighted by Gasteiger charge is -2.11. The van der Waals surface area contributed by atoms with E-state index in [1.54, 1.807) is 25.1 Å². The van der Waals surface area contributed by atoms with Gasteiger partial charge in [-0.1, -0.05) is 30.0 Å². The van der Waals surface area contributed by atoms with Crippen molar-refractivity contribution in [1.82, 2.24) is 25.0 Å². The second-order valence-electron chi connectivity index (χ2n) is 5.73. The van der Waals surface area contributed by atoms with Gasteiger partial charge in [0.25, 0.3) is 0 Å². The first-order chi connectivity index (χ1) is 12.8. The average Bonchev–Trinajstić information content (AvgIpc) is 3.14. The average molecular weight is 363 g/mol. The van der Waals surface area contributed by atoms with Crippen LogP contribution in [-0.4, -0.2) is 32.1 Å². The third kappa shape index (κ3) is 3.01. The number of methoxy groups -OCH3 is 1. The van der Waals surface area contributed by atoms with Crippen LogP contribution < -0.4 is 4.74 Å². The molecule has 0 saturated carbocycles. The Labute approximate surface area is 155 Å². The SMILES string of the molecule is COc1ccccc1-n1ncc2c(C)nnc(SCc3cccnc3)c21. The van der Waals surface area contributed by atoms with E-state index in [4.69, 9.17) is 4.74 Å². The van der Waals surface area contributed by atoms with Crippen molar-refractivity contribution in [3.63, 3.8) is 0 Å². The van der Waals surface area contributed by atoms with Gasteiger partial charge < -0.3 is 4.74 Å². The zero-order valence-electron chi connectivity index (χ0n) is 14.5. The van der Waals surface area contributed by atoms with Crippen LogP contribution in [-0.2, 0) is 5.75 Å². The number of hydrogen-bond donors (Lipinski definition) is 0. The van der Waals surface area contributed by atoms with Gasteiger partial charge in [-0.25, -0.2) is 4.68 Å². The molecule has 0 aliphatic heterocycles. The highest BCUT2D eigenvalue weighted by Gasteiger charge is 2.17. The molecule has 0 bridgehead atoms. The number of thioether (sulfide) groups is 1. The summed E-state index contributed by atoms with van der Waals surface area (Å²) in [5.74, 6) is 1.52. The Bertz CT molecular complexity index is 1050. The van der Waals surface area contributed by atoms with E-state index in [1.165, 1.54) is 0 Å². The van der Waals surface area contributed by atoms with Crippen LogP contribution in [0.4, 0.5) is 0 Å². The maximum absolute atomic E-state index is 5.51. The molecule has 0 amide bonds. The monoisotopic (exact) mass is 363 g/mol. The minimum atomic E-state index is 0.759. The molecule has 3 aromatic heterocycles. The summed E-state index contributed by atoms with van der Waals surface area (Å²) in [6.07, 6.45) is 5.47. The van der Waals surface area contributed by atoms with Crippen LogP contribution in [0.2, 0.25) is 0 Å². The summed E-state index contributed by atoms with van der Waals surface area (Å²) in [6.45, 7) is 1.94. The fourth-order valence-corrected chi connectivity index (χ4v) is 3.67. The smallest absolute Gasteiger partial charge is 0.146 e. The van der Waals surface area contributed by atoms with E-state index in [-0.39, 0.29) is 0 Å². The largest absolute Gasteiger partial charge is 0.494 e. The number of pyridine rings is 1. The van der Waals surface area contributed by atoms with E-state index in [0.29, 0.717) is 0 Å². The molecule has 0 aliphatic rings. The third-order valence-electron chi connectivity index (χ3n) is 4.06. The predicted octanol–water partition coefficient (Wildman–Crippen LogP) is 3.82. The fraction of sp³-hybridized carbons (Fsp3) is 0.158. The molecule has 1 aromatic carbocycles. The zero-order chi connectivity index (χ0) is 17.9. The molecule has 4 rings (SSSR count). The van der Waals surface area contributed by atoms with Crippen LogP contribution >= 0.6 is 11.8 Å². The van der Waals surface area contributed by atoms with Crippen LogP contribution in [0, 0.1) is 6.92 Å². The second kappa shape index (κ2) is 7.13. The summed E-state index contributed by atoms with van der Waals surface area (Å²) in [5.41, 5.74) is 3.81. The molecule has 3 heterocycles. The molecule has 0 aliphatic carbocycles. The van der Waals surface area contributed by atoms with Crippen molar-refractivity contribution in [2.24, 2.45) is 0 Å². The standard InChI is InChI=1S/C19H17N5OS/c1-13-15-11-21-24(16-7-3-4-8-17(16)25-2)18(15)19(23-22-13)26-12-14-6-5-9-20-10-14/h3-11H,12H2,1-2H3. The van der Waals surface area contributed by atoms with Gasteiger partial charge in [0, 0.05) is 23.5 Å². The molecule has 7 heteroatoms. The van der Waals surface area contributed by atoms with Gasteiger partial charge in [-0.2, -0.15) is 10.2 Å². The van der Waals surface area contributed by atoms with E-state index in [2.05, 4.69) is 26.3 Å². The Morgan fingerprint density at radius 3 is 2.77 bits per heavy atom. The van der Waals surface area contributed by atoms with Crippen molar-refractivity contribution in [2.45, 2.75) is 17.7 Å². The van der Waals surface area contributed by atoms with Crippen LogP contribution in [0.15, 0.2) is 60.0 Å². The molecule has 6 nitrogen and oxygen atoms in total. The lowest BCUT2D eigenvalue weighted by molar-refractivity contribution is 0.412. The van der Waals surface area contributed by atoms with Gasteiger partial charge in [-0.05, 0) is 30.7 Å². The topological polar surface area (TPSA) is 65.7 Å². The summed E-state index contributed by atoms with van der Waals surface area (Å²) >= 11 is 1.62. The molecule has 130 valence electrons.